The minimum absolute atomic E-state index is 0.0475. The minimum Gasteiger partial charge on any atom is -0.478 e. The van der Waals surface area contributed by atoms with Gasteiger partial charge >= 0.3 is 5.97 Å². The largest absolute Gasteiger partial charge is 0.478 e. The summed E-state index contributed by atoms with van der Waals surface area (Å²) in [5, 5.41) is 11.9. The van der Waals surface area contributed by atoms with Crippen molar-refractivity contribution in [2.24, 2.45) is 4.99 Å². The molecule has 1 aliphatic heterocycles. The first-order chi connectivity index (χ1) is 11.0. The fourth-order valence-electron chi connectivity index (χ4n) is 2.49. The third-order valence-electron chi connectivity index (χ3n) is 3.62. The molecule has 0 aliphatic carbocycles. The minimum atomic E-state index is -2.01. The highest BCUT2D eigenvalue weighted by Gasteiger charge is 2.25. The molecule has 0 amide bonds. The Morgan fingerprint density at radius 3 is 2.78 bits per heavy atom. The van der Waals surface area contributed by atoms with Gasteiger partial charge in [-0.2, -0.15) is 0 Å². The van der Waals surface area contributed by atoms with Crippen molar-refractivity contribution < 1.29 is 23.1 Å². The molecule has 4 nitrogen and oxygen atoms in total. The normalized spacial score (nSPS) is 14.0. The number of rotatable bonds is 3. The maximum atomic E-state index is 14.9. The third-order valence-corrected chi connectivity index (χ3v) is 3.62. The topological polar surface area (TPSA) is 61.7 Å². The van der Waals surface area contributed by atoms with Gasteiger partial charge in [0, 0.05) is 16.8 Å². The summed E-state index contributed by atoms with van der Waals surface area (Å²) in [6.07, 6.45) is -0.637. The summed E-state index contributed by atoms with van der Waals surface area (Å²) >= 11 is 0. The van der Waals surface area contributed by atoms with Crippen molar-refractivity contribution in [1.29, 1.82) is 0 Å². The molecule has 0 saturated heterocycles. The molecule has 1 atom stereocenters. The number of nitrogens with zero attached hydrogens (tertiary/aromatic N) is 1. The molecule has 3 rings (SSSR count). The van der Waals surface area contributed by atoms with Crippen LogP contribution in [0.4, 0.5) is 18.9 Å². The summed E-state index contributed by atoms with van der Waals surface area (Å²) in [4.78, 5) is 15.2. The maximum absolute atomic E-state index is 14.9. The van der Waals surface area contributed by atoms with Crippen molar-refractivity contribution in [2.45, 2.75) is 12.7 Å². The summed E-state index contributed by atoms with van der Waals surface area (Å²) in [6, 6.07) is 5.69. The van der Waals surface area contributed by atoms with Crippen LogP contribution in [0.3, 0.4) is 0 Å². The van der Waals surface area contributed by atoms with E-state index in [0.29, 0.717) is 11.3 Å². The highest BCUT2D eigenvalue weighted by molar-refractivity contribution is 5.92. The van der Waals surface area contributed by atoms with Gasteiger partial charge < -0.3 is 10.4 Å². The Hall–Kier alpha value is -2.83. The highest BCUT2D eigenvalue weighted by Crippen LogP contribution is 2.36. The fourth-order valence-corrected chi connectivity index (χ4v) is 2.49. The van der Waals surface area contributed by atoms with Gasteiger partial charge in [0.1, 0.15) is 0 Å². The summed E-state index contributed by atoms with van der Waals surface area (Å²) in [5.41, 5.74) is 0.113. The number of carboxylic acid groups (broad SMARTS) is 1. The number of carboxylic acids is 1. The Morgan fingerprint density at radius 2 is 2.04 bits per heavy atom. The van der Waals surface area contributed by atoms with E-state index in [9.17, 15) is 18.0 Å². The van der Waals surface area contributed by atoms with E-state index in [1.165, 1.54) is 18.5 Å². The van der Waals surface area contributed by atoms with Crippen LogP contribution in [-0.4, -0.2) is 17.4 Å². The van der Waals surface area contributed by atoms with Crippen LogP contribution in [0.2, 0.25) is 0 Å². The van der Waals surface area contributed by atoms with Gasteiger partial charge in [-0.15, -0.1) is 0 Å². The number of aliphatic imine (C=N–C) groups is 1. The molecule has 0 radical (unpaired) electrons. The van der Waals surface area contributed by atoms with Crippen molar-refractivity contribution in [1.82, 2.24) is 0 Å². The number of aromatic carboxylic acids is 1. The Morgan fingerprint density at radius 1 is 1.26 bits per heavy atom. The number of nitrogens with one attached hydrogen (secondary N) is 1. The van der Waals surface area contributed by atoms with E-state index in [2.05, 4.69) is 10.3 Å². The Labute approximate surface area is 129 Å². The van der Waals surface area contributed by atoms with Gasteiger partial charge in [-0.3, -0.25) is 4.99 Å². The first kappa shape index (κ1) is 15.1. The molecule has 23 heavy (non-hydrogen) atoms. The van der Waals surface area contributed by atoms with Gasteiger partial charge in [0.05, 0.1) is 18.4 Å². The molecule has 0 fully saturated rings. The molecule has 2 aromatic rings. The zero-order valence-electron chi connectivity index (χ0n) is 11.7. The zero-order valence-corrected chi connectivity index (χ0v) is 11.7. The predicted octanol–water partition coefficient (Wildman–Crippen LogP) is 3.68. The lowest BCUT2D eigenvalue weighted by Crippen LogP contribution is -2.13. The van der Waals surface area contributed by atoms with Crippen LogP contribution in [0.1, 0.15) is 33.2 Å². The van der Waals surface area contributed by atoms with Crippen molar-refractivity contribution in [3.8, 4) is 0 Å². The summed E-state index contributed by atoms with van der Waals surface area (Å²) in [5.74, 6) is -3.70. The Bertz CT molecular complexity index is 821. The van der Waals surface area contributed by atoms with Gasteiger partial charge in [-0.25, -0.2) is 18.0 Å². The Balaban J connectivity index is 2.17. The van der Waals surface area contributed by atoms with Crippen molar-refractivity contribution in [3.63, 3.8) is 0 Å². The van der Waals surface area contributed by atoms with Crippen LogP contribution in [0.25, 0.3) is 0 Å². The van der Waals surface area contributed by atoms with E-state index < -0.39 is 29.3 Å². The first-order valence-corrected chi connectivity index (χ1v) is 6.72. The van der Waals surface area contributed by atoms with E-state index in [1.54, 1.807) is 0 Å². The van der Waals surface area contributed by atoms with Crippen molar-refractivity contribution in [3.05, 3.63) is 64.2 Å². The number of benzene rings is 2. The van der Waals surface area contributed by atoms with E-state index in [-0.39, 0.29) is 17.7 Å². The number of fused-ring (bicyclic) bond motifs is 1. The zero-order chi connectivity index (χ0) is 16.6. The van der Waals surface area contributed by atoms with Crippen LogP contribution in [0.15, 0.2) is 35.3 Å². The van der Waals surface area contributed by atoms with E-state index >= 15 is 0 Å². The molecular weight excluding hydrogens is 309 g/mol. The number of hydrogen-bond acceptors (Lipinski definition) is 3. The second-order valence-corrected chi connectivity index (χ2v) is 5.02. The van der Waals surface area contributed by atoms with Crippen LogP contribution in [0.5, 0.6) is 0 Å². The molecular formula is C16H11F3N2O2. The molecule has 0 bridgehead atoms. The molecule has 1 heterocycles. The molecule has 0 aromatic heterocycles. The first-order valence-electron chi connectivity index (χ1n) is 6.72. The SMILES string of the molecule is O=C(O)c1cc2c(c(C(F)c3cccc(F)c3F)c1)CN=CN2. The molecule has 7 heteroatoms. The van der Waals surface area contributed by atoms with Gasteiger partial charge in [0.2, 0.25) is 0 Å². The summed E-state index contributed by atoms with van der Waals surface area (Å²) in [7, 11) is 0. The molecule has 2 aromatic carbocycles. The van der Waals surface area contributed by atoms with Crippen molar-refractivity contribution >= 4 is 18.0 Å². The van der Waals surface area contributed by atoms with E-state index in [0.717, 1.165) is 18.2 Å². The predicted molar refractivity (Wildman–Crippen MR) is 78.5 cm³/mol. The standard InChI is InChI=1S/C16H11F3N2O2/c17-12-3-1-2-9(15(12)19)14(18)10-4-8(16(22)23)5-13-11(10)6-20-7-21-13/h1-5,7,14H,6H2,(H,20,21)(H,22,23). The molecule has 0 spiro atoms. The number of hydrogen-bond donors (Lipinski definition) is 2. The van der Waals surface area contributed by atoms with E-state index in [1.807, 2.05) is 0 Å². The monoisotopic (exact) mass is 320 g/mol. The molecule has 118 valence electrons. The van der Waals surface area contributed by atoms with Gasteiger partial charge in [0.25, 0.3) is 0 Å². The van der Waals surface area contributed by atoms with E-state index in [4.69, 9.17) is 5.11 Å². The average molecular weight is 320 g/mol. The molecule has 1 unspecified atom stereocenters. The third kappa shape index (κ3) is 2.65. The average Bonchev–Trinajstić information content (AvgIpc) is 2.55. The molecule has 2 N–H and O–H groups in total. The van der Waals surface area contributed by atoms with Crippen molar-refractivity contribution in [2.75, 3.05) is 5.32 Å². The lowest BCUT2D eigenvalue weighted by molar-refractivity contribution is 0.0696. The van der Waals surface area contributed by atoms with Crippen LogP contribution in [-0.2, 0) is 6.54 Å². The number of anilines is 1. The van der Waals surface area contributed by atoms with Crippen LogP contribution >= 0.6 is 0 Å². The maximum Gasteiger partial charge on any atom is 0.335 e. The smallest absolute Gasteiger partial charge is 0.335 e. The second kappa shape index (κ2) is 5.75. The number of alkyl halides is 1. The number of carbonyl (C=O) groups is 1. The lowest BCUT2D eigenvalue weighted by atomic mass is 9.93. The van der Waals surface area contributed by atoms with Gasteiger partial charge in [-0.05, 0) is 23.8 Å². The lowest BCUT2D eigenvalue weighted by Gasteiger charge is -2.20. The second-order valence-electron chi connectivity index (χ2n) is 5.02. The van der Waals surface area contributed by atoms with Crippen LogP contribution in [0, 0.1) is 11.6 Å². The summed E-state index contributed by atoms with van der Waals surface area (Å²) in [6.45, 7) is 0.120. The molecule has 1 aliphatic rings. The molecule has 0 saturated carbocycles. The Kier molecular flexibility index (Phi) is 3.77. The summed E-state index contributed by atoms with van der Waals surface area (Å²) < 4.78 is 42.0. The van der Waals surface area contributed by atoms with Crippen LogP contribution < -0.4 is 5.32 Å². The van der Waals surface area contributed by atoms with Gasteiger partial charge in [-0.1, -0.05) is 12.1 Å². The van der Waals surface area contributed by atoms with Gasteiger partial charge in [0.15, 0.2) is 17.8 Å². The quantitative estimate of drug-likeness (QED) is 0.907. The number of halogens is 3. The highest BCUT2D eigenvalue weighted by atomic mass is 19.2. The fraction of sp³-hybridized carbons (Fsp3) is 0.125.